The molecule has 1 unspecified atom stereocenters. The Hall–Kier alpha value is -3.68. The number of amides is 2. The van der Waals surface area contributed by atoms with Gasteiger partial charge in [-0.15, -0.1) is 0 Å². The van der Waals surface area contributed by atoms with E-state index in [4.69, 9.17) is 9.47 Å². The summed E-state index contributed by atoms with van der Waals surface area (Å²) in [5.41, 5.74) is 5.80. The number of nitrogens with zero attached hydrogens (tertiary/aromatic N) is 3. The standard InChI is InChI=1S/C33H48N4O4/c1-9-12-13-16-26(7)35-36-31(23(4)10-2)24(5)15-14-17-25(6)34-32(38)29-20-28-22-37(33(39)41-11-3)19-18-27(28)21-30(29)40-8/h14-15,17,20-21,23H,6,9-13,16,18-19,22H2,1-5,7-8H3,(H,34,38)/b17-14-,24-15+,35-26+,36-31+. The Labute approximate surface area is 246 Å². The van der Waals surface area contributed by atoms with Gasteiger partial charge in [0.15, 0.2) is 0 Å². The Morgan fingerprint density at radius 2 is 1.90 bits per heavy atom. The summed E-state index contributed by atoms with van der Waals surface area (Å²) in [7, 11) is 1.54. The van der Waals surface area contributed by atoms with Gasteiger partial charge in [-0.05, 0) is 81.4 Å². The number of unbranched alkanes of at least 4 members (excludes halogenated alkanes) is 2. The number of ether oxygens (including phenoxy) is 2. The van der Waals surface area contributed by atoms with Gasteiger partial charge in [0, 0.05) is 30.4 Å². The largest absolute Gasteiger partial charge is 0.496 e. The lowest BCUT2D eigenvalue weighted by atomic mass is 9.96. The maximum atomic E-state index is 13.2. The molecule has 0 saturated heterocycles. The molecule has 41 heavy (non-hydrogen) atoms. The maximum Gasteiger partial charge on any atom is 0.410 e. The van der Waals surface area contributed by atoms with Crippen LogP contribution in [0.15, 0.2) is 58.4 Å². The van der Waals surface area contributed by atoms with E-state index in [1.165, 1.54) is 12.8 Å². The Kier molecular flexibility index (Phi) is 14.1. The first-order valence-corrected chi connectivity index (χ1v) is 14.7. The van der Waals surface area contributed by atoms with Crippen molar-refractivity contribution in [3.8, 4) is 5.75 Å². The van der Waals surface area contributed by atoms with Crippen LogP contribution in [-0.4, -0.2) is 48.6 Å². The van der Waals surface area contributed by atoms with E-state index in [0.717, 1.165) is 47.4 Å². The summed E-state index contributed by atoms with van der Waals surface area (Å²) in [5.74, 6) is 0.423. The number of benzene rings is 1. The van der Waals surface area contributed by atoms with Crippen molar-refractivity contribution < 1.29 is 19.1 Å². The van der Waals surface area contributed by atoms with Gasteiger partial charge in [-0.1, -0.05) is 52.3 Å². The van der Waals surface area contributed by atoms with Gasteiger partial charge < -0.3 is 19.7 Å². The van der Waals surface area contributed by atoms with Gasteiger partial charge in [0.2, 0.25) is 0 Å². The number of fused-ring (bicyclic) bond motifs is 1. The minimum atomic E-state index is -0.350. The molecule has 1 aromatic rings. The summed E-state index contributed by atoms with van der Waals surface area (Å²) in [6.45, 7) is 17.6. The second kappa shape index (κ2) is 17.2. The van der Waals surface area contributed by atoms with Crippen LogP contribution in [0.4, 0.5) is 4.79 Å². The van der Waals surface area contributed by atoms with Gasteiger partial charge in [0.05, 0.1) is 25.0 Å². The molecular formula is C33H48N4O4. The molecule has 0 aliphatic carbocycles. The van der Waals surface area contributed by atoms with Crippen molar-refractivity contribution in [2.45, 2.75) is 86.6 Å². The summed E-state index contributed by atoms with van der Waals surface area (Å²) in [4.78, 5) is 27.0. The van der Waals surface area contributed by atoms with Crippen LogP contribution in [0.3, 0.4) is 0 Å². The molecule has 0 aromatic heterocycles. The number of nitrogens with one attached hydrogen (secondary N) is 1. The van der Waals surface area contributed by atoms with Crippen LogP contribution in [0.1, 0.15) is 95.1 Å². The molecule has 0 bridgehead atoms. The van der Waals surface area contributed by atoms with E-state index >= 15 is 0 Å². The number of hydrogen-bond acceptors (Lipinski definition) is 6. The molecule has 224 valence electrons. The molecule has 0 spiro atoms. The summed E-state index contributed by atoms with van der Waals surface area (Å²) >= 11 is 0. The van der Waals surface area contributed by atoms with Crippen LogP contribution in [0.2, 0.25) is 0 Å². The van der Waals surface area contributed by atoms with Gasteiger partial charge >= 0.3 is 6.09 Å². The first-order valence-electron chi connectivity index (χ1n) is 14.7. The third-order valence-corrected chi connectivity index (χ3v) is 7.18. The van der Waals surface area contributed by atoms with Crippen molar-refractivity contribution in [3.63, 3.8) is 0 Å². The third-order valence-electron chi connectivity index (χ3n) is 7.18. The fourth-order valence-electron chi connectivity index (χ4n) is 4.53. The lowest BCUT2D eigenvalue weighted by Crippen LogP contribution is -2.36. The zero-order valence-corrected chi connectivity index (χ0v) is 26.0. The zero-order valence-electron chi connectivity index (χ0n) is 26.0. The Balaban J connectivity index is 2.13. The van der Waals surface area contributed by atoms with E-state index in [9.17, 15) is 9.59 Å². The number of methoxy groups -OCH3 is 1. The summed E-state index contributed by atoms with van der Waals surface area (Å²) in [6, 6.07) is 3.66. The Morgan fingerprint density at radius 3 is 2.56 bits per heavy atom. The quantitative estimate of drug-likeness (QED) is 0.110. The smallest absolute Gasteiger partial charge is 0.410 e. The first kappa shape index (κ1) is 33.5. The second-order valence-corrected chi connectivity index (χ2v) is 10.5. The SMILES string of the molecule is C=C(\C=C/C=C(C)/C(=N/N=C(\C)CCCCC)C(C)CC)NC(=O)c1cc2c(cc1OC)CCN(C(=O)OCC)C2. The number of hydrogen-bond donors (Lipinski definition) is 1. The highest BCUT2D eigenvalue weighted by Gasteiger charge is 2.25. The van der Waals surface area contributed by atoms with Crippen LogP contribution < -0.4 is 10.1 Å². The average Bonchev–Trinajstić information content (AvgIpc) is 2.96. The number of carbonyl (C=O) groups is 2. The normalized spacial score (nSPS) is 15.0. The highest BCUT2D eigenvalue weighted by molar-refractivity contribution is 6.02. The molecular weight excluding hydrogens is 516 g/mol. The van der Waals surface area contributed by atoms with Crippen molar-refractivity contribution in [3.05, 3.63) is 64.9 Å². The molecule has 1 heterocycles. The molecule has 2 amide bonds. The fourth-order valence-corrected chi connectivity index (χ4v) is 4.53. The highest BCUT2D eigenvalue weighted by Crippen LogP contribution is 2.28. The molecule has 0 saturated carbocycles. The van der Waals surface area contributed by atoms with Crippen LogP contribution >= 0.6 is 0 Å². The topological polar surface area (TPSA) is 92.6 Å². The third kappa shape index (κ3) is 10.3. The van der Waals surface area contributed by atoms with E-state index in [2.05, 4.69) is 42.9 Å². The molecule has 2 rings (SSSR count). The minimum Gasteiger partial charge on any atom is -0.496 e. The van der Waals surface area contributed by atoms with Crippen molar-refractivity contribution in [1.29, 1.82) is 0 Å². The Bertz CT molecular complexity index is 1200. The number of rotatable bonds is 14. The molecule has 8 heteroatoms. The van der Waals surface area contributed by atoms with Crippen LogP contribution in [0.5, 0.6) is 5.75 Å². The van der Waals surface area contributed by atoms with Gasteiger partial charge in [0.1, 0.15) is 5.75 Å². The first-order chi connectivity index (χ1) is 19.6. The Morgan fingerprint density at radius 1 is 1.15 bits per heavy atom. The monoisotopic (exact) mass is 564 g/mol. The van der Waals surface area contributed by atoms with Gasteiger partial charge in [-0.3, -0.25) is 4.79 Å². The van der Waals surface area contributed by atoms with Crippen molar-refractivity contribution in [1.82, 2.24) is 10.2 Å². The number of allylic oxidation sites excluding steroid dienone is 4. The maximum absolute atomic E-state index is 13.2. The molecule has 1 aliphatic rings. The molecule has 0 radical (unpaired) electrons. The molecule has 1 atom stereocenters. The molecule has 1 aromatic carbocycles. The van der Waals surface area contributed by atoms with Crippen LogP contribution in [0.25, 0.3) is 0 Å². The number of carbonyl (C=O) groups excluding carboxylic acids is 2. The highest BCUT2D eigenvalue weighted by atomic mass is 16.6. The second-order valence-electron chi connectivity index (χ2n) is 10.5. The van der Waals surface area contributed by atoms with E-state index in [-0.39, 0.29) is 17.9 Å². The van der Waals surface area contributed by atoms with E-state index in [1.807, 2.05) is 32.1 Å². The van der Waals surface area contributed by atoms with Gasteiger partial charge in [-0.25, -0.2) is 4.79 Å². The lowest BCUT2D eigenvalue weighted by molar-refractivity contribution is 0.0964. The minimum absolute atomic E-state index is 0.269. The van der Waals surface area contributed by atoms with E-state index in [1.54, 1.807) is 31.1 Å². The fraction of sp³-hybridized carbons (Fsp3) is 0.515. The molecule has 1 aliphatic heterocycles. The summed E-state index contributed by atoms with van der Waals surface area (Å²) < 4.78 is 10.7. The van der Waals surface area contributed by atoms with Crippen molar-refractivity contribution in [2.24, 2.45) is 16.1 Å². The van der Waals surface area contributed by atoms with Crippen LogP contribution in [0, 0.1) is 5.92 Å². The van der Waals surface area contributed by atoms with Gasteiger partial charge in [0.25, 0.3) is 5.91 Å². The zero-order chi connectivity index (χ0) is 30.4. The predicted octanol–water partition coefficient (Wildman–Crippen LogP) is 7.40. The van der Waals surface area contributed by atoms with Crippen molar-refractivity contribution >= 4 is 23.4 Å². The average molecular weight is 565 g/mol. The van der Waals surface area contributed by atoms with Gasteiger partial charge in [-0.2, -0.15) is 10.2 Å². The lowest BCUT2D eigenvalue weighted by Gasteiger charge is -2.28. The van der Waals surface area contributed by atoms with E-state index in [0.29, 0.717) is 43.1 Å². The molecule has 8 nitrogen and oxygen atoms in total. The predicted molar refractivity (Wildman–Crippen MR) is 168 cm³/mol. The molecule has 1 N–H and O–H groups in total. The molecule has 0 fully saturated rings. The summed E-state index contributed by atoms with van der Waals surface area (Å²) in [5, 5.41) is 11.9. The van der Waals surface area contributed by atoms with Crippen LogP contribution in [-0.2, 0) is 17.7 Å². The van der Waals surface area contributed by atoms with Crippen molar-refractivity contribution in [2.75, 3.05) is 20.3 Å². The summed E-state index contributed by atoms with van der Waals surface area (Å²) in [6.07, 6.45) is 11.3. The van der Waals surface area contributed by atoms with E-state index < -0.39 is 0 Å².